The summed E-state index contributed by atoms with van der Waals surface area (Å²) in [5.74, 6) is 1.87. The maximum absolute atomic E-state index is 12.4. The van der Waals surface area contributed by atoms with E-state index in [0.29, 0.717) is 22.8 Å². The van der Waals surface area contributed by atoms with Gasteiger partial charge in [0.1, 0.15) is 6.33 Å². The van der Waals surface area contributed by atoms with Crippen LogP contribution in [0, 0.1) is 0 Å². The number of ether oxygens (including phenoxy) is 2. The number of hydrogen-bond acceptors (Lipinski definition) is 7. The van der Waals surface area contributed by atoms with Crippen molar-refractivity contribution in [3.05, 3.63) is 65.5 Å². The van der Waals surface area contributed by atoms with Gasteiger partial charge in [-0.05, 0) is 42.8 Å². The maximum atomic E-state index is 12.4. The van der Waals surface area contributed by atoms with E-state index in [1.54, 1.807) is 30.2 Å². The second-order valence-electron chi connectivity index (χ2n) is 6.42. The number of amides is 1. The molecule has 1 amide bonds. The SMILES string of the molecule is C/C(=N\NC(=O)c1ccc(CSc2nncn2C)cc1)c1ccc2c(c1)OCO2. The summed E-state index contributed by atoms with van der Waals surface area (Å²) in [6.07, 6.45) is 1.67. The Balaban J connectivity index is 1.35. The number of carbonyl (C=O) groups excluding carboxylic acids is 1. The topological polar surface area (TPSA) is 90.6 Å². The first-order valence-electron chi connectivity index (χ1n) is 8.90. The molecule has 9 heteroatoms. The van der Waals surface area contributed by atoms with E-state index >= 15 is 0 Å². The summed E-state index contributed by atoms with van der Waals surface area (Å²) in [5, 5.41) is 12.9. The molecule has 0 saturated carbocycles. The van der Waals surface area contributed by atoms with Crippen LogP contribution in [-0.2, 0) is 12.8 Å². The number of hydrazone groups is 1. The van der Waals surface area contributed by atoms with E-state index in [4.69, 9.17) is 9.47 Å². The van der Waals surface area contributed by atoms with Gasteiger partial charge >= 0.3 is 0 Å². The molecule has 2 heterocycles. The molecule has 0 unspecified atom stereocenters. The third-order valence-corrected chi connectivity index (χ3v) is 5.47. The standard InChI is InChI=1S/C20H19N5O3S/c1-13(16-7-8-17-18(9-16)28-12-27-17)22-23-19(26)15-5-3-14(4-6-15)10-29-20-24-21-11-25(20)2/h3-9,11H,10,12H2,1-2H3,(H,23,26)/b22-13+. The smallest absolute Gasteiger partial charge is 0.271 e. The number of thioether (sulfide) groups is 1. The van der Waals surface area contributed by atoms with Gasteiger partial charge in [0.05, 0.1) is 5.71 Å². The van der Waals surface area contributed by atoms with Crippen molar-refractivity contribution in [3.8, 4) is 11.5 Å². The van der Waals surface area contributed by atoms with Gasteiger partial charge in [-0.1, -0.05) is 23.9 Å². The zero-order valence-corrected chi connectivity index (χ0v) is 16.8. The zero-order chi connectivity index (χ0) is 20.2. The van der Waals surface area contributed by atoms with Gasteiger partial charge in [0.2, 0.25) is 6.79 Å². The second-order valence-corrected chi connectivity index (χ2v) is 7.36. The largest absolute Gasteiger partial charge is 0.454 e. The van der Waals surface area contributed by atoms with Crippen LogP contribution in [0.3, 0.4) is 0 Å². The summed E-state index contributed by atoms with van der Waals surface area (Å²) in [7, 11) is 1.90. The lowest BCUT2D eigenvalue weighted by Crippen LogP contribution is -2.19. The Morgan fingerprint density at radius 2 is 1.93 bits per heavy atom. The highest BCUT2D eigenvalue weighted by Gasteiger charge is 2.14. The van der Waals surface area contributed by atoms with E-state index in [1.807, 2.05) is 48.9 Å². The van der Waals surface area contributed by atoms with Crippen LogP contribution >= 0.6 is 11.8 Å². The predicted octanol–water partition coefficient (Wildman–Crippen LogP) is 2.99. The van der Waals surface area contributed by atoms with Crippen molar-refractivity contribution < 1.29 is 14.3 Å². The number of rotatable bonds is 6. The molecule has 1 aliphatic heterocycles. The highest BCUT2D eigenvalue weighted by atomic mass is 32.2. The molecule has 8 nitrogen and oxygen atoms in total. The van der Waals surface area contributed by atoms with Crippen LogP contribution in [0.25, 0.3) is 0 Å². The van der Waals surface area contributed by atoms with E-state index < -0.39 is 0 Å². The molecule has 0 radical (unpaired) electrons. The van der Waals surface area contributed by atoms with Crippen molar-refractivity contribution in [2.75, 3.05) is 6.79 Å². The normalized spacial score (nSPS) is 12.8. The molecule has 2 aromatic carbocycles. The van der Waals surface area contributed by atoms with Crippen molar-refractivity contribution in [2.24, 2.45) is 12.1 Å². The molecular weight excluding hydrogens is 390 g/mol. The number of nitrogens with one attached hydrogen (secondary N) is 1. The number of aromatic nitrogens is 3. The molecule has 148 valence electrons. The van der Waals surface area contributed by atoms with Crippen LogP contribution < -0.4 is 14.9 Å². The van der Waals surface area contributed by atoms with Gasteiger partial charge in [0, 0.05) is 23.9 Å². The summed E-state index contributed by atoms with van der Waals surface area (Å²) in [4.78, 5) is 12.4. The molecule has 0 bridgehead atoms. The number of hydrogen-bond donors (Lipinski definition) is 1. The summed E-state index contributed by atoms with van der Waals surface area (Å²) >= 11 is 1.59. The third kappa shape index (κ3) is 4.40. The Labute approximate surface area is 171 Å². The lowest BCUT2D eigenvalue weighted by molar-refractivity contribution is 0.0955. The molecule has 1 aromatic heterocycles. The molecule has 0 fully saturated rings. The molecule has 29 heavy (non-hydrogen) atoms. The Morgan fingerprint density at radius 3 is 2.69 bits per heavy atom. The first kappa shape index (κ1) is 19.0. The van der Waals surface area contributed by atoms with Gasteiger partial charge in [-0.25, -0.2) is 5.43 Å². The number of aryl methyl sites for hydroxylation is 1. The average molecular weight is 409 g/mol. The van der Waals surface area contributed by atoms with Gasteiger partial charge in [-0.15, -0.1) is 10.2 Å². The Hall–Kier alpha value is -3.33. The van der Waals surface area contributed by atoms with Gasteiger partial charge < -0.3 is 14.0 Å². The van der Waals surface area contributed by atoms with Crippen molar-refractivity contribution in [3.63, 3.8) is 0 Å². The van der Waals surface area contributed by atoms with Crippen LogP contribution in [-0.4, -0.2) is 33.2 Å². The van der Waals surface area contributed by atoms with Crippen molar-refractivity contribution >= 4 is 23.4 Å². The van der Waals surface area contributed by atoms with E-state index in [0.717, 1.165) is 22.0 Å². The average Bonchev–Trinajstić information content (AvgIpc) is 3.38. The van der Waals surface area contributed by atoms with Gasteiger partial charge in [-0.2, -0.15) is 5.10 Å². The minimum Gasteiger partial charge on any atom is -0.454 e. The Morgan fingerprint density at radius 1 is 1.17 bits per heavy atom. The first-order chi connectivity index (χ1) is 14.1. The Kier molecular flexibility index (Phi) is 5.48. The molecule has 0 atom stereocenters. The molecule has 1 N–H and O–H groups in total. The van der Waals surface area contributed by atoms with E-state index in [9.17, 15) is 4.79 Å². The molecule has 4 rings (SSSR count). The van der Waals surface area contributed by atoms with Gasteiger partial charge in [-0.3, -0.25) is 4.79 Å². The molecular formula is C20H19N5O3S. The number of nitrogens with zero attached hydrogens (tertiary/aromatic N) is 4. The highest BCUT2D eigenvalue weighted by Crippen LogP contribution is 2.32. The fraction of sp³-hybridized carbons (Fsp3) is 0.200. The van der Waals surface area contributed by atoms with E-state index in [-0.39, 0.29) is 12.7 Å². The quantitative estimate of drug-likeness (QED) is 0.382. The summed E-state index contributed by atoms with van der Waals surface area (Å²) in [6, 6.07) is 13.0. The minimum atomic E-state index is -0.266. The van der Waals surface area contributed by atoms with Crippen LogP contribution in [0.2, 0.25) is 0 Å². The fourth-order valence-electron chi connectivity index (χ4n) is 2.69. The molecule has 1 aliphatic rings. The number of fused-ring (bicyclic) bond motifs is 1. The third-order valence-electron chi connectivity index (χ3n) is 4.37. The van der Waals surface area contributed by atoms with E-state index in [2.05, 4.69) is 20.7 Å². The van der Waals surface area contributed by atoms with Crippen LogP contribution in [0.5, 0.6) is 11.5 Å². The first-order valence-corrected chi connectivity index (χ1v) is 9.89. The fourth-order valence-corrected chi connectivity index (χ4v) is 3.53. The summed E-state index contributed by atoms with van der Waals surface area (Å²) in [6.45, 7) is 2.05. The molecule has 0 aliphatic carbocycles. The zero-order valence-electron chi connectivity index (χ0n) is 16.0. The molecule has 0 spiro atoms. The number of benzene rings is 2. The predicted molar refractivity (Wildman–Crippen MR) is 109 cm³/mol. The van der Waals surface area contributed by atoms with E-state index in [1.165, 1.54) is 0 Å². The summed E-state index contributed by atoms with van der Waals surface area (Å²) < 4.78 is 12.5. The van der Waals surface area contributed by atoms with Gasteiger partial charge in [0.25, 0.3) is 5.91 Å². The van der Waals surface area contributed by atoms with Crippen molar-refractivity contribution in [1.82, 2.24) is 20.2 Å². The highest BCUT2D eigenvalue weighted by molar-refractivity contribution is 7.98. The Bertz CT molecular complexity index is 1060. The van der Waals surface area contributed by atoms with Crippen molar-refractivity contribution in [1.29, 1.82) is 0 Å². The van der Waals surface area contributed by atoms with Crippen LogP contribution in [0.1, 0.15) is 28.4 Å². The lowest BCUT2D eigenvalue weighted by atomic mass is 10.1. The van der Waals surface area contributed by atoms with Crippen LogP contribution in [0.4, 0.5) is 0 Å². The van der Waals surface area contributed by atoms with Crippen LogP contribution in [0.15, 0.2) is 59.0 Å². The minimum absolute atomic E-state index is 0.221. The lowest BCUT2D eigenvalue weighted by Gasteiger charge is -2.05. The molecule has 0 saturated heterocycles. The van der Waals surface area contributed by atoms with Crippen molar-refractivity contribution in [2.45, 2.75) is 17.8 Å². The monoisotopic (exact) mass is 409 g/mol. The maximum Gasteiger partial charge on any atom is 0.271 e. The number of carbonyl (C=O) groups is 1. The summed E-state index contributed by atoms with van der Waals surface area (Å²) in [5.41, 5.74) is 5.76. The second kappa shape index (κ2) is 8.36. The van der Waals surface area contributed by atoms with Gasteiger partial charge in [0.15, 0.2) is 16.7 Å². The molecule has 3 aromatic rings.